The van der Waals surface area contributed by atoms with Crippen LogP contribution in [0.25, 0.3) is 0 Å². The number of nitrogens with zero attached hydrogens (tertiary/aromatic N) is 1. The van der Waals surface area contributed by atoms with Crippen molar-refractivity contribution in [3.63, 3.8) is 0 Å². The average molecular weight is 227 g/mol. The summed E-state index contributed by atoms with van der Waals surface area (Å²) in [6.07, 6.45) is 0. The standard InChI is InChI=1S/C11H17NO4/c1-7(13)15-6-10(2,3)8-12-11(4,5)9(14)16-8/h6H2,1-5H3. The minimum absolute atomic E-state index is 0.143. The van der Waals surface area contributed by atoms with Gasteiger partial charge >= 0.3 is 11.9 Å². The Hall–Kier alpha value is -1.39. The van der Waals surface area contributed by atoms with E-state index < -0.39 is 11.0 Å². The van der Waals surface area contributed by atoms with E-state index in [1.54, 1.807) is 13.8 Å². The predicted octanol–water partition coefficient (Wildman–Crippen LogP) is 1.31. The van der Waals surface area contributed by atoms with Gasteiger partial charge in [-0.1, -0.05) is 0 Å². The fraction of sp³-hybridized carbons (Fsp3) is 0.727. The van der Waals surface area contributed by atoms with Crippen LogP contribution in [0.1, 0.15) is 34.6 Å². The van der Waals surface area contributed by atoms with Crippen LogP contribution in [0, 0.1) is 5.41 Å². The van der Waals surface area contributed by atoms with Crippen LogP contribution in [-0.2, 0) is 19.1 Å². The van der Waals surface area contributed by atoms with Gasteiger partial charge in [0.1, 0.15) is 6.61 Å². The van der Waals surface area contributed by atoms with Crippen LogP contribution in [0.2, 0.25) is 0 Å². The molecule has 0 saturated carbocycles. The number of carbonyl (C=O) groups excluding carboxylic acids is 2. The molecule has 0 N–H and O–H groups in total. The van der Waals surface area contributed by atoms with E-state index in [1.165, 1.54) is 6.92 Å². The number of aliphatic imine (C=N–C) groups is 1. The largest absolute Gasteiger partial charge is 0.465 e. The fourth-order valence-electron chi connectivity index (χ4n) is 1.17. The highest BCUT2D eigenvalue weighted by molar-refractivity contribution is 6.01. The zero-order valence-electron chi connectivity index (χ0n) is 10.3. The Balaban J connectivity index is 2.78. The van der Waals surface area contributed by atoms with Crippen molar-refractivity contribution in [1.29, 1.82) is 0 Å². The zero-order valence-corrected chi connectivity index (χ0v) is 10.3. The lowest BCUT2D eigenvalue weighted by Crippen LogP contribution is -2.31. The highest BCUT2D eigenvalue weighted by Gasteiger charge is 2.43. The summed E-state index contributed by atoms with van der Waals surface area (Å²) in [5.41, 5.74) is -1.43. The molecule has 16 heavy (non-hydrogen) atoms. The number of rotatable bonds is 3. The number of hydrogen-bond acceptors (Lipinski definition) is 5. The molecule has 0 fully saturated rings. The van der Waals surface area contributed by atoms with Gasteiger partial charge in [0.05, 0.1) is 5.41 Å². The smallest absolute Gasteiger partial charge is 0.340 e. The Labute approximate surface area is 94.8 Å². The van der Waals surface area contributed by atoms with Crippen molar-refractivity contribution in [3.8, 4) is 0 Å². The minimum atomic E-state index is -0.844. The van der Waals surface area contributed by atoms with E-state index >= 15 is 0 Å². The molecule has 0 amide bonds. The van der Waals surface area contributed by atoms with Gasteiger partial charge in [-0.15, -0.1) is 0 Å². The monoisotopic (exact) mass is 227 g/mol. The summed E-state index contributed by atoms with van der Waals surface area (Å²) in [4.78, 5) is 26.4. The van der Waals surface area contributed by atoms with E-state index in [2.05, 4.69) is 4.99 Å². The molecular formula is C11H17NO4. The van der Waals surface area contributed by atoms with Gasteiger partial charge in [-0.2, -0.15) is 0 Å². The molecule has 0 atom stereocenters. The maximum absolute atomic E-state index is 11.4. The van der Waals surface area contributed by atoms with Crippen molar-refractivity contribution in [3.05, 3.63) is 0 Å². The fourth-order valence-corrected chi connectivity index (χ4v) is 1.17. The summed E-state index contributed by atoms with van der Waals surface area (Å²) in [5.74, 6) is -0.417. The zero-order chi connectivity index (χ0) is 12.6. The highest BCUT2D eigenvalue weighted by atomic mass is 16.6. The number of hydrogen-bond donors (Lipinski definition) is 0. The van der Waals surface area contributed by atoms with Crippen LogP contribution in [0.5, 0.6) is 0 Å². The maximum atomic E-state index is 11.4. The van der Waals surface area contributed by atoms with Gasteiger partial charge in [-0.3, -0.25) is 4.79 Å². The molecule has 1 aliphatic heterocycles. The average Bonchev–Trinajstić information content (AvgIpc) is 2.39. The quantitative estimate of drug-likeness (QED) is 0.682. The lowest BCUT2D eigenvalue weighted by molar-refractivity contribution is -0.143. The van der Waals surface area contributed by atoms with Crippen molar-refractivity contribution >= 4 is 17.8 Å². The molecule has 0 unspecified atom stereocenters. The summed E-state index contributed by atoms with van der Waals surface area (Å²) >= 11 is 0. The Morgan fingerprint density at radius 2 is 2.06 bits per heavy atom. The van der Waals surface area contributed by atoms with Gasteiger partial charge in [0.15, 0.2) is 5.54 Å². The van der Waals surface area contributed by atoms with Crippen molar-refractivity contribution in [2.75, 3.05) is 6.61 Å². The lowest BCUT2D eigenvalue weighted by atomic mass is 9.94. The van der Waals surface area contributed by atoms with Gasteiger partial charge in [-0.05, 0) is 27.7 Å². The topological polar surface area (TPSA) is 65.0 Å². The van der Waals surface area contributed by atoms with Gasteiger partial charge < -0.3 is 9.47 Å². The van der Waals surface area contributed by atoms with Crippen molar-refractivity contribution in [2.24, 2.45) is 10.4 Å². The van der Waals surface area contributed by atoms with Crippen LogP contribution in [0.3, 0.4) is 0 Å². The van der Waals surface area contributed by atoms with E-state index in [4.69, 9.17) is 9.47 Å². The molecule has 0 bridgehead atoms. The Kier molecular flexibility index (Phi) is 3.08. The molecule has 0 aromatic heterocycles. The molecule has 0 aromatic carbocycles. The number of carbonyl (C=O) groups is 2. The van der Waals surface area contributed by atoms with Crippen molar-refractivity contribution in [1.82, 2.24) is 0 Å². The Morgan fingerprint density at radius 3 is 2.44 bits per heavy atom. The molecule has 5 heteroatoms. The summed E-state index contributed by atoms with van der Waals surface area (Å²) in [6.45, 7) is 8.47. The molecular weight excluding hydrogens is 210 g/mol. The van der Waals surface area contributed by atoms with E-state index in [1.807, 2.05) is 13.8 Å². The SMILES string of the molecule is CC(=O)OCC(C)(C)C1=NC(C)(C)C(=O)O1. The van der Waals surface area contributed by atoms with Crippen LogP contribution >= 0.6 is 0 Å². The first kappa shape index (κ1) is 12.7. The highest BCUT2D eigenvalue weighted by Crippen LogP contribution is 2.28. The van der Waals surface area contributed by atoms with E-state index in [0.29, 0.717) is 5.90 Å². The van der Waals surface area contributed by atoms with Crippen molar-refractivity contribution in [2.45, 2.75) is 40.2 Å². The molecule has 1 rings (SSSR count). The van der Waals surface area contributed by atoms with E-state index in [-0.39, 0.29) is 18.5 Å². The van der Waals surface area contributed by atoms with E-state index in [9.17, 15) is 9.59 Å². The van der Waals surface area contributed by atoms with Crippen molar-refractivity contribution < 1.29 is 19.1 Å². The van der Waals surface area contributed by atoms with Crippen LogP contribution < -0.4 is 0 Å². The molecule has 0 aliphatic carbocycles. The van der Waals surface area contributed by atoms with Crippen LogP contribution in [0.15, 0.2) is 4.99 Å². The first-order valence-electron chi connectivity index (χ1n) is 5.11. The molecule has 1 heterocycles. The second-order valence-corrected chi connectivity index (χ2v) is 5.03. The van der Waals surface area contributed by atoms with Crippen LogP contribution in [0.4, 0.5) is 0 Å². The Bertz CT molecular complexity index is 355. The summed E-state index contributed by atoms with van der Waals surface area (Å²) in [6, 6.07) is 0. The normalized spacial score (nSPS) is 19.1. The number of esters is 2. The second kappa shape index (κ2) is 3.88. The summed E-state index contributed by atoms with van der Waals surface area (Å²) in [7, 11) is 0. The first-order chi connectivity index (χ1) is 7.15. The third-order valence-corrected chi connectivity index (χ3v) is 2.29. The molecule has 0 radical (unpaired) electrons. The first-order valence-corrected chi connectivity index (χ1v) is 5.11. The minimum Gasteiger partial charge on any atom is -0.465 e. The molecule has 5 nitrogen and oxygen atoms in total. The molecule has 90 valence electrons. The third-order valence-electron chi connectivity index (χ3n) is 2.29. The summed E-state index contributed by atoms with van der Waals surface area (Å²) < 4.78 is 10.0. The number of ether oxygens (including phenoxy) is 2. The van der Waals surface area contributed by atoms with E-state index in [0.717, 1.165) is 0 Å². The number of cyclic esters (lactones) is 1. The maximum Gasteiger partial charge on any atom is 0.340 e. The van der Waals surface area contributed by atoms with Gasteiger partial charge in [0, 0.05) is 6.92 Å². The third kappa shape index (κ3) is 2.59. The predicted molar refractivity (Wildman–Crippen MR) is 58.0 cm³/mol. The van der Waals surface area contributed by atoms with Gasteiger partial charge in [0.25, 0.3) is 0 Å². The molecule has 0 spiro atoms. The summed E-state index contributed by atoms with van der Waals surface area (Å²) in [5, 5.41) is 0. The second-order valence-electron chi connectivity index (χ2n) is 5.03. The van der Waals surface area contributed by atoms with Gasteiger partial charge in [-0.25, -0.2) is 9.79 Å². The lowest BCUT2D eigenvalue weighted by Gasteiger charge is -2.21. The molecule has 1 aliphatic rings. The molecule has 0 saturated heterocycles. The van der Waals surface area contributed by atoms with Gasteiger partial charge in [0.2, 0.25) is 5.90 Å². The molecule has 0 aromatic rings. The van der Waals surface area contributed by atoms with Crippen LogP contribution in [-0.4, -0.2) is 30.0 Å². The Morgan fingerprint density at radius 1 is 1.50 bits per heavy atom.